The molecule has 1 aromatic rings. The highest BCUT2D eigenvalue weighted by molar-refractivity contribution is 9.09. The van der Waals surface area contributed by atoms with Gasteiger partial charge in [-0.3, -0.25) is 4.79 Å². The lowest BCUT2D eigenvalue weighted by Crippen LogP contribution is -2.17. The third-order valence-corrected chi connectivity index (χ3v) is 4.03. The van der Waals surface area contributed by atoms with Crippen molar-refractivity contribution in [2.45, 2.75) is 28.5 Å². The number of halogens is 7. The van der Waals surface area contributed by atoms with Crippen molar-refractivity contribution in [2.75, 3.05) is 0 Å². The lowest BCUT2D eigenvalue weighted by Gasteiger charge is -2.16. The van der Waals surface area contributed by atoms with Crippen LogP contribution in [-0.4, -0.2) is 17.7 Å². The Morgan fingerprint density at radius 2 is 1.81 bits per heavy atom. The maximum absolute atomic E-state index is 12.4. The van der Waals surface area contributed by atoms with Crippen LogP contribution in [0.25, 0.3) is 0 Å². The Hall–Kier alpha value is -0.900. The normalized spacial score (nSPS) is 13.9. The lowest BCUT2D eigenvalue weighted by molar-refractivity contribution is -0.274. The predicted molar refractivity (Wildman–Crippen MR) is 67.4 cm³/mol. The number of thioether (sulfide) groups is 1. The molecule has 0 fully saturated rings. The van der Waals surface area contributed by atoms with Gasteiger partial charge in [-0.1, -0.05) is 15.9 Å². The smallest absolute Gasteiger partial charge is 0.406 e. The van der Waals surface area contributed by atoms with E-state index in [1.807, 2.05) is 0 Å². The molecule has 0 aromatic heterocycles. The van der Waals surface area contributed by atoms with Crippen LogP contribution in [0.1, 0.15) is 17.3 Å². The quantitative estimate of drug-likeness (QED) is 0.396. The zero-order chi connectivity index (χ0) is 16.4. The van der Waals surface area contributed by atoms with Crippen molar-refractivity contribution >= 4 is 33.5 Å². The Morgan fingerprint density at radius 1 is 1.24 bits per heavy atom. The fourth-order valence-corrected chi connectivity index (χ4v) is 2.57. The average molecular weight is 397 g/mol. The summed E-state index contributed by atoms with van der Waals surface area (Å²) in [6, 6.07) is 2.33. The van der Waals surface area contributed by atoms with E-state index in [-0.39, 0.29) is 10.5 Å². The van der Waals surface area contributed by atoms with E-state index in [0.29, 0.717) is 0 Å². The zero-order valence-electron chi connectivity index (χ0n) is 10.2. The van der Waals surface area contributed by atoms with Crippen LogP contribution in [0, 0.1) is 0 Å². The first-order chi connectivity index (χ1) is 9.39. The number of carbonyl (C=O) groups is 1. The number of Topliss-reactive ketones (excluding diaryl/α,β-unsaturated/α-hetero) is 1. The van der Waals surface area contributed by atoms with Gasteiger partial charge in [0.05, 0.1) is 4.83 Å². The van der Waals surface area contributed by atoms with Crippen LogP contribution in [0.4, 0.5) is 26.3 Å². The highest BCUT2D eigenvalue weighted by Gasteiger charge is 2.34. The highest BCUT2D eigenvalue weighted by atomic mass is 79.9. The number of carbonyl (C=O) groups excluding carboxylic acids is 1. The number of alkyl halides is 7. The molecule has 1 rings (SSSR count). The van der Waals surface area contributed by atoms with E-state index in [9.17, 15) is 31.1 Å². The van der Waals surface area contributed by atoms with Gasteiger partial charge < -0.3 is 4.74 Å². The summed E-state index contributed by atoms with van der Waals surface area (Å²) in [6.07, 6.45) is -4.98. The number of ether oxygens (including phenoxy) is 1. The average Bonchev–Trinajstić information content (AvgIpc) is 2.26. The Kier molecular flexibility index (Phi) is 5.59. The molecule has 0 spiro atoms. The van der Waals surface area contributed by atoms with Crippen LogP contribution in [0.3, 0.4) is 0 Å². The molecular weight excluding hydrogens is 390 g/mol. The third-order valence-electron chi connectivity index (χ3n) is 2.07. The molecule has 10 heteroatoms. The topological polar surface area (TPSA) is 26.3 Å². The van der Waals surface area contributed by atoms with Gasteiger partial charge in [0, 0.05) is 4.90 Å². The molecule has 0 heterocycles. The monoisotopic (exact) mass is 396 g/mol. The van der Waals surface area contributed by atoms with Gasteiger partial charge in [0.1, 0.15) is 11.5 Å². The minimum Gasteiger partial charge on any atom is -0.406 e. The van der Waals surface area contributed by atoms with Crippen molar-refractivity contribution in [1.82, 2.24) is 0 Å². The molecule has 21 heavy (non-hydrogen) atoms. The maximum Gasteiger partial charge on any atom is 0.573 e. The van der Waals surface area contributed by atoms with Crippen LogP contribution in [-0.2, 0) is 4.79 Å². The summed E-state index contributed by atoms with van der Waals surface area (Å²) in [7, 11) is 0. The fourth-order valence-electron chi connectivity index (χ4n) is 1.36. The first-order valence-electron chi connectivity index (χ1n) is 5.19. The fraction of sp³-hybridized carbons (Fsp3) is 0.364. The number of hydrogen-bond acceptors (Lipinski definition) is 3. The Balaban J connectivity index is 3.23. The van der Waals surface area contributed by atoms with Gasteiger partial charge in [-0.25, -0.2) is 0 Å². The number of rotatable bonds is 4. The Morgan fingerprint density at radius 3 is 2.24 bits per heavy atom. The molecule has 0 radical (unpaired) electrons. The molecule has 118 valence electrons. The Labute approximate surface area is 128 Å². The number of ketones is 1. The first-order valence-corrected chi connectivity index (χ1v) is 6.92. The second-order valence-corrected chi connectivity index (χ2v) is 5.79. The maximum atomic E-state index is 12.4. The molecule has 1 unspecified atom stereocenters. The molecule has 2 nitrogen and oxygen atoms in total. The summed E-state index contributed by atoms with van der Waals surface area (Å²) in [5.74, 6) is -1.25. The summed E-state index contributed by atoms with van der Waals surface area (Å²) in [5, 5.41) is 0. The van der Waals surface area contributed by atoms with Crippen molar-refractivity contribution in [1.29, 1.82) is 0 Å². The van der Waals surface area contributed by atoms with Crippen molar-refractivity contribution in [2.24, 2.45) is 0 Å². The molecule has 0 bridgehead atoms. The van der Waals surface area contributed by atoms with E-state index < -0.39 is 40.0 Å². The van der Waals surface area contributed by atoms with Crippen molar-refractivity contribution < 1.29 is 35.9 Å². The standard InChI is InChI=1S/C11H7BrF6O2S/c1-5(19)9(12)7-4-6(20-10(13,14)15)2-3-8(7)21-11(16,17)18/h2-4,9H,1H3. The van der Waals surface area contributed by atoms with Gasteiger partial charge in [-0.15, -0.1) is 13.2 Å². The summed E-state index contributed by atoms with van der Waals surface area (Å²) >= 11 is 2.34. The van der Waals surface area contributed by atoms with Gasteiger partial charge >= 0.3 is 11.9 Å². The number of hydrogen-bond donors (Lipinski definition) is 0. The van der Waals surface area contributed by atoms with E-state index in [1.54, 1.807) is 0 Å². The zero-order valence-corrected chi connectivity index (χ0v) is 12.6. The van der Waals surface area contributed by atoms with Gasteiger partial charge in [0.2, 0.25) is 0 Å². The van der Waals surface area contributed by atoms with E-state index in [1.165, 1.54) is 0 Å². The molecule has 0 aliphatic heterocycles. The third kappa shape index (κ3) is 6.16. The van der Waals surface area contributed by atoms with Gasteiger partial charge in [-0.05, 0) is 42.4 Å². The van der Waals surface area contributed by atoms with Crippen LogP contribution in [0.2, 0.25) is 0 Å². The number of benzene rings is 1. The second-order valence-electron chi connectivity index (χ2n) is 3.77. The molecule has 1 aromatic carbocycles. The second kappa shape index (κ2) is 6.47. The molecule has 0 aliphatic rings. The van der Waals surface area contributed by atoms with E-state index in [0.717, 1.165) is 25.1 Å². The highest BCUT2D eigenvalue weighted by Crippen LogP contribution is 2.43. The predicted octanol–water partition coefficient (Wildman–Crippen LogP) is 5.22. The summed E-state index contributed by atoms with van der Waals surface area (Å²) < 4.78 is 77.2. The van der Waals surface area contributed by atoms with Crippen LogP contribution >= 0.6 is 27.7 Å². The largest absolute Gasteiger partial charge is 0.573 e. The molecular formula is C11H7BrF6O2S. The molecule has 0 aliphatic carbocycles. The lowest BCUT2D eigenvalue weighted by atomic mass is 10.1. The summed E-state index contributed by atoms with van der Waals surface area (Å²) in [4.78, 5) is 9.71. The summed E-state index contributed by atoms with van der Waals surface area (Å²) in [6.45, 7) is 1.10. The molecule has 0 saturated carbocycles. The van der Waals surface area contributed by atoms with Gasteiger partial charge in [0.25, 0.3) is 0 Å². The van der Waals surface area contributed by atoms with E-state index in [2.05, 4.69) is 20.7 Å². The molecule has 0 saturated heterocycles. The molecule has 0 N–H and O–H groups in total. The minimum atomic E-state index is -4.98. The SMILES string of the molecule is CC(=O)C(Br)c1cc(OC(F)(F)F)ccc1SC(F)(F)F. The van der Waals surface area contributed by atoms with E-state index in [4.69, 9.17) is 0 Å². The minimum absolute atomic E-state index is 0.244. The molecule has 1 atom stereocenters. The molecule has 0 amide bonds. The summed E-state index contributed by atoms with van der Waals surface area (Å²) in [5.41, 5.74) is -4.88. The van der Waals surface area contributed by atoms with Gasteiger partial charge in [-0.2, -0.15) is 13.2 Å². The van der Waals surface area contributed by atoms with Crippen LogP contribution in [0.15, 0.2) is 23.1 Å². The Bertz CT molecular complexity index is 528. The first kappa shape index (κ1) is 18.1. The van der Waals surface area contributed by atoms with Gasteiger partial charge in [0.15, 0.2) is 0 Å². The van der Waals surface area contributed by atoms with Crippen molar-refractivity contribution in [3.63, 3.8) is 0 Å². The van der Waals surface area contributed by atoms with Crippen molar-refractivity contribution in [3.05, 3.63) is 23.8 Å². The van der Waals surface area contributed by atoms with E-state index >= 15 is 0 Å². The van der Waals surface area contributed by atoms with Crippen LogP contribution in [0.5, 0.6) is 5.75 Å². The van der Waals surface area contributed by atoms with Crippen molar-refractivity contribution in [3.8, 4) is 5.75 Å². The van der Waals surface area contributed by atoms with Crippen LogP contribution < -0.4 is 4.74 Å².